The Bertz CT molecular complexity index is 726. The molecule has 0 aromatic carbocycles. The molecule has 6 aliphatic rings. The molecule has 1 aliphatic heterocycles. The van der Waals surface area contributed by atoms with E-state index >= 15 is 0 Å². The van der Waals surface area contributed by atoms with E-state index < -0.39 is 0 Å². The zero-order valence-electron chi connectivity index (χ0n) is 20.2. The molecule has 9 unspecified atom stereocenters. The average Bonchev–Trinajstić information content (AvgIpc) is 3.68. The second kappa shape index (κ2) is 9.65. The van der Waals surface area contributed by atoms with Crippen LogP contribution in [0.3, 0.4) is 0 Å². The van der Waals surface area contributed by atoms with Gasteiger partial charge < -0.3 is 9.47 Å². The maximum Gasteiger partial charge on any atom is 0.333 e. The summed E-state index contributed by atoms with van der Waals surface area (Å²) in [6, 6.07) is 0. The molecule has 5 aliphatic carbocycles. The molecule has 6 rings (SSSR count). The van der Waals surface area contributed by atoms with E-state index in [0.29, 0.717) is 30.3 Å². The number of esters is 1. The fourth-order valence-corrected chi connectivity index (χ4v) is 6.98. The second-order valence-corrected chi connectivity index (χ2v) is 12.2. The normalized spacial score (nSPS) is 42.7. The van der Waals surface area contributed by atoms with Crippen LogP contribution in [0.2, 0.25) is 0 Å². The van der Waals surface area contributed by atoms with Crippen LogP contribution in [0.25, 0.3) is 0 Å². The van der Waals surface area contributed by atoms with Crippen molar-refractivity contribution in [1.82, 2.24) is 0 Å². The number of hydrogen-bond donors (Lipinski definition) is 0. The van der Waals surface area contributed by atoms with Crippen LogP contribution in [0.4, 0.5) is 0 Å². The van der Waals surface area contributed by atoms with Crippen molar-refractivity contribution in [3.8, 4) is 0 Å². The summed E-state index contributed by atoms with van der Waals surface area (Å²) in [5, 5.41) is 0. The standard InChI is InChI=1S/C18H28.C11H16O3/c1-12(14-6-7-16-11-18(16)9-14)2-3-13-4-5-15-10-17(15)8-13;1-7(2)11(12)13-6-8-3-4-9-10(5-8)14-9/h13-18H,1-11H2;8-10H,1,3-6H2,2H3. The fourth-order valence-electron chi connectivity index (χ4n) is 6.98. The molecule has 0 aromatic heterocycles. The first-order chi connectivity index (χ1) is 15.5. The van der Waals surface area contributed by atoms with Gasteiger partial charge in [0.15, 0.2) is 0 Å². The van der Waals surface area contributed by atoms with Gasteiger partial charge in [-0.25, -0.2) is 4.79 Å². The van der Waals surface area contributed by atoms with Crippen LogP contribution in [0.1, 0.15) is 90.4 Å². The van der Waals surface area contributed by atoms with Crippen LogP contribution >= 0.6 is 0 Å². The molecule has 178 valence electrons. The predicted octanol–water partition coefficient (Wildman–Crippen LogP) is 6.87. The van der Waals surface area contributed by atoms with Crippen molar-refractivity contribution < 1.29 is 14.3 Å². The van der Waals surface area contributed by atoms with Gasteiger partial charge in [0.05, 0.1) is 18.8 Å². The van der Waals surface area contributed by atoms with Gasteiger partial charge in [0, 0.05) is 5.57 Å². The molecule has 0 radical (unpaired) electrons. The molecule has 1 heterocycles. The van der Waals surface area contributed by atoms with Crippen molar-refractivity contribution in [2.75, 3.05) is 6.61 Å². The van der Waals surface area contributed by atoms with E-state index in [1.807, 2.05) is 0 Å². The van der Waals surface area contributed by atoms with Gasteiger partial charge in [-0.3, -0.25) is 0 Å². The molecule has 1 saturated heterocycles. The van der Waals surface area contributed by atoms with E-state index in [2.05, 4.69) is 13.2 Å². The lowest BCUT2D eigenvalue weighted by Crippen LogP contribution is -2.20. The molecular weight excluding hydrogens is 396 g/mol. The van der Waals surface area contributed by atoms with Crippen LogP contribution in [-0.4, -0.2) is 24.8 Å². The van der Waals surface area contributed by atoms with E-state index in [4.69, 9.17) is 9.47 Å². The van der Waals surface area contributed by atoms with Crippen LogP contribution in [-0.2, 0) is 14.3 Å². The fraction of sp³-hybridized carbons (Fsp3) is 0.828. The molecule has 0 bridgehead atoms. The zero-order chi connectivity index (χ0) is 22.2. The van der Waals surface area contributed by atoms with Crippen molar-refractivity contribution in [1.29, 1.82) is 0 Å². The van der Waals surface area contributed by atoms with E-state index in [9.17, 15) is 4.79 Å². The highest BCUT2D eigenvalue weighted by Gasteiger charge is 2.44. The molecule has 6 fully saturated rings. The van der Waals surface area contributed by atoms with Crippen LogP contribution in [0.15, 0.2) is 24.3 Å². The third kappa shape index (κ3) is 5.88. The summed E-state index contributed by atoms with van der Waals surface area (Å²) in [5.74, 6) is 6.75. The number of carbonyl (C=O) groups is 1. The van der Waals surface area contributed by atoms with Crippen molar-refractivity contribution in [3.05, 3.63) is 24.3 Å². The van der Waals surface area contributed by atoms with Crippen molar-refractivity contribution >= 4 is 5.97 Å². The zero-order valence-corrected chi connectivity index (χ0v) is 20.2. The first-order valence-corrected chi connectivity index (χ1v) is 13.6. The molecule has 5 saturated carbocycles. The summed E-state index contributed by atoms with van der Waals surface area (Å²) in [4.78, 5) is 11.1. The third-order valence-corrected chi connectivity index (χ3v) is 9.56. The highest BCUT2D eigenvalue weighted by Crippen LogP contribution is 2.54. The van der Waals surface area contributed by atoms with E-state index in [0.717, 1.165) is 54.8 Å². The number of allylic oxidation sites excluding steroid dienone is 1. The van der Waals surface area contributed by atoms with Crippen molar-refractivity contribution in [2.24, 2.45) is 41.4 Å². The topological polar surface area (TPSA) is 38.8 Å². The SMILES string of the molecule is C=C(C)C(=O)OCC1CCC2OC2C1.C=C(CCC1CCC2CC2C1)C1CCC2CC2C1. The van der Waals surface area contributed by atoms with Gasteiger partial charge in [-0.15, -0.1) is 0 Å². The lowest BCUT2D eigenvalue weighted by Gasteiger charge is -2.26. The maximum absolute atomic E-state index is 11.1. The van der Waals surface area contributed by atoms with Crippen LogP contribution < -0.4 is 0 Å². The van der Waals surface area contributed by atoms with E-state index in [1.165, 1.54) is 38.5 Å². The number of carbonyl (C=O) groups excluding carboxylic acids is 1. The van der Waals surface area contributed by atoms with Gasteiger partial charge in [0.25, 0.3) is 0 Å². The summed E-state index contributed by atoms with van der Waals surface area (Å²) < 4.78 is 10.5. The Morgan fingerprint density at radius 2 is 1.53 bits per heavy atom. The van der Waals surface area contributed by atoms with Crippen molar-refractivity contribution in [2.45, 2.75) is 103 Å². The summed E-state index contributed by atoms with van der Waals surface area (Å²) in [6.07, 6.45) is 19.3. The highest BCUT2D eigenvalue weighted by molar-refractivity contribution is 5.86. The largest absolute Gasteiger partial charge is 0.462 e. The molecular formula is C29H44O3. The number of ether oxygens (including phenoxy) is 2. The Kier molecular flexibility index (Phi) is 6.84. The number of rotatable bonds is 7. The minimum absolute atomic E-state index is 0.274. The first-order valence-electron chi connectivity index (χ1n) is 13.6. The smallest absolute Gasteiger partial charge is 0.333 e. The first kappa shape index (κ1) is 22.7. The minimum atomic E-state index is -0.274. The average molecular weight is 441 g/mol. The molecule has 3 heteroatoms. The van der Waals surface area contributed by atoms with E-state index in [-0.39, 0.29) is 5.97 Å². The van der Waals surface area contributed by atoms with Gasteiger partial charge in [-0.2, -0.15) is 0 Å². The number of epoxide rings is 1. The summed E-state index contributed by atoms with van der Waals surface area (Å²) in [6.45, 7) is 10.2. The molecule has 3 nitrogen and oxygen atoms in total. The van der Waals surface area contributed by atoms with Crippen LogP contribution in [0.5, 0.6) is 0 Å². The van der Waals surface area contributed by atoms with Gasteiger partial charge in [-0.05, 0) is 125 Å². The summed E-state index contributed by atoms with van der Waals surface area (Å²) in [5.41, 5.74) is 2.10. The summed E-state index contributed by atoms with van der Waals surface area (Å²) >= 11 is 0. The highest BCUT2D eigenvalue weighted by atomic mass is 16.6. The van der Waals surface area contributed by atoms with Gasteiger partial charge in [0.1, 0.15) is 0 Å². The number of hydrogen-bond acceptors (Lipinski definition) is 3. The molecule has 9 atom stereocenters. The Hall–Kier alpha value is -1.09. The Morgan fingerprint density at radius 3 is 2.22 bits per heavy atom. The van der Waals surface area contributed by atoms with Gasteiger partial charge >= 0.3 is 5.97 Å². The molecule has 0 spiro atoms. The molecule has 0 aromatic rings. The van der Waals surface area contributed by atoms with E-state index in [1.54, 1.807) is 38.2 Å². The Morgan fingerprint density at radius 1 is 0.812 bits per heavy atom. The quantitative estimate of drug-likeness (QED) is 0.188. The van der Waals surface area contributed by atoms with Crippen molar-refractivity contribution in [3.63, 3.8) is 0 Å². The van der Waals surface area contributed by atoms with Gasteiger partial charge in [-0.1, -0.05) is 25.2 Å². The lowest BCUT2D eigenvalue weighted by atomic mass is 9.80. The summed E-state index contributed by atoms with van der Waals surface area (Å²) in [7, 11) is 0. The number of fused-ring (bicyclic) bond motifs is 3. The monoisotopic (exact) mass is 440 g/mol. The van der Waals surface area contributed by atoms with Crippen LogP contribution in [0, 0.1) is 41.4 Å². The predicted molar refractivity (Wildman–Crippen MR) is 128 cm³/mol. The maximum atomic E-state index is 11.1. The van der Waals surface area contributed by atoms with Gasteiger partial charge in [0.2, 0.25) is 0 Å². The minimum Gasteiger partial charge on any atom is -0.462 e. The Labute approximate surface area is 195 Å². The molecule has 32 heavy (non-hydrogen) atoms. The lowest BCUT2D eigenvalue weighted by molar-refractivity contribution is -0.140. The second-order valence-electron chi connectivity index (χ2n) is 12.2. The molecule has 0 N–H and O–H groups in total. The third-order valence-electron chi connectivity index (χ3n) is 9.56. The Balaban J connectivity index is 0.000000140. The molecule has 0 amide bonds.